The topological polar surface area (TPSA) is 46.2 Å². The summed E-state index contributed by atoms with van der Waals surface area (Å²) in [6.07, 6.45) is 7.21. The third kappa shape index (κ3) is 3.23. The van der Waals surface area contributed by atoms with E-state index < -0.39 is 10.0 Å². The Morgan fingerprint density at radius 3 is 2.45 bits per heavy atom. The van der Waals surface area contributed by atoms with Crippen molar-refractivity contribution in [2.24, 2.45) is 17.8 Å². The Morgan fingerprint density at radius 1 is 1.18 bits per heavy atom. The van der Waals surface area contributed by atoms with Crippen LogP contribution in [-0.2, 0) is 16.4 Å². The molecule has 1 aromatic rings. The molecule has 0 spiro atoms. The van der Waals surface area contributed by atoms with Gasteiger partial charge >= 0.3 is 0 Å². The second-order valence-electron chi connectivity index (χ2n) is 7.14. The van der Waals surface area contributed by atoms with Crippen LogP contribution in [0.1, 0.15) is 51.5 Å². The fourth-order valence-electron chi connectivity index (χ4n) is 4.43. The Hall–Kier alpha value is -0.870. The summed E-state index contributed by atoms with van der Waals surface area (Å²) in [4.78, 5) is 0.391. The predicted octanol–water partition coefficient (Wildman–Crippen LogP) is 3.74. The van der Waals surface area contributed by atoms with Crippen LogP contribution in [0.25, 0.3) is 0 Å². The van der Waals surface area contributed by atoms with Crippen LogP contribution in [-0.4, -0.2) is 14.5 Å². The molecule has 0 aromatic heterocycles. The van der Waals surface area contributed by atoms with E-state index in [1.165, 1.54) is 31.2 Å². The Morgan fingerprint density at radius 2 is 1.91 bits per heavy atom. The van der Waals surface area contributed by atoms with Crippen LogP contribution in [0.2, 0.25) is 0 Å². The van der Waals surface area contributed by atoms with E-state index >= 15 is 0 Å². The standard InChI is InChI=1S/C18H27NO2S/c1-3-4-14-6-9-17(10-7-14)22(20,21)19-13(2)18-12-15-5-8-16(18)11-15/h6-7,9-10,13,15-16,18-19H,3-5,8,11-12H2,1-2H3. The molecule has 1 aromatic carbocycles. The van der Waals surface area contributed by atoms with Gasteiger partial charge in [0, 0.05) is 6.04 Å². The summed E-state index contributed by atoms with van der Waals surface area (Å²) in [6.45, 7) is 4.16. The Kier molecular flexibility index (Phi) is 4.60. The second kappa shape index (κ2) is 6.32. The summed E-state index contributed by atoms with van der Waals surface area (Å²) in [6, 6.07) is 7.37. The summed E-state index contributed by atoms with van der Waals surface area (Å²) >= 11 is 0. The lowest BCUT2D eigenvalue weighted by molar-refractivity contribution is 0.280. The van der Waals surface area contributed by atoms with E-state index in [-0.39, 0.29) is 6.04 Å². The molecule has 2 fully saturated rings. The fourth-order valence-corrected chi connectivity index (χ4v) is 5.73. The summed E-state index contributed by atoms with van der Waals surface area (Å²) in [5.74, 6) is 2.10. The lowest BCUT2D eigenvalue weighted by Crippen LogP contribution is -2.40. The molecule has 2 saturated carbocycles. The summed E-state index contributed by atoms with van der Waals surface area (Å²) in [5, 5.41) is 0. The predicted molar refractivity (Wildman–Crippen MR) is 89.2 cm³/mol. The molecule has 4 atom stereocenters. The smallest absolute Gasteiger partial charge is 0.208 e. The molecule has 1 N–H and O–H groups in total. The van der Waals surface area contributed by atoms with Gasteiger partial charge in [0.05, 0.1) is 4.90 Å². The lowest BCUT2D eigenvalue weighted by atomic mass is 9.84. The average Bonchev–Trinajstić information content (AvgIpc) is 3.10. The Bertz CT molecular complexity index is 608. The third-order valence-corrected chi connectivity index (χ3v) is 7.12. The minimum absolute atomic E-state index is 0.0376. The number of hydrogen-bond acceptors (Lipinski definition) is 2. The number of benzene rings is 1. The summed E-state index contributed by atoms with van der Waals surface area (Å²) < 4.78 is 28.1. The zero-order chi connectivity index (χ0) is 15.7. The molecule has 0 heterocycles. The number of sulfonamides is 1. The SMILES string of the molecule is CCCc1ccc(S(=O)(=O)NC(C)C2CC3CCC2C3)cc1. The number of hydrogen-bond donors (Lipinski definition) is 1. The van der Waals surface area contributed by atoms with Crippen molar-refractivity contribution in [1.29, 1.82) is 0 Å². The maximum absolute atomic E-state index is 12.6. The van der Waals surface area contributed by atoms with E-state index in [9.17, 15) is 8.42 Å². The highest BCUT2D eigenvalue weighted by Crippen LogP contribution is 2.49. The molecule has 2 aliphatic rings. The zero-order valence-corrected chi connectivity index (χ0v) is 14.4. The van der Waals surface area contributed by atoms with Crippen LogP contribution in [0, 0.1) is 17.8 Å². The van der Waals surface area contributed by atoms with Gasteiger partial charge in [-0.3, -0.25) is 0 Å². The summed E-state index contributed by atoms with van der Waals surface area (Å²) in [5.41, 5.74) is 1.20. The van der Waals surface area contributed by atoms with Crippen molar-refractivity contribution in [3.63, 3.8) is 0 Å². The maximum Gasteiger partial charge on any atom is 0.240 e. The van der Waals surface area contributed by atoms with Gasteiger partial charge in [0.2, 0.25) is 10.0 Å². The van der Waals surface area contributed by atoms with E-state index in [1.54, 1.807) is 12.1 Å². The minimum Gasteiger partial charge on any atom is -0.208 e. The van der Waals surface area contributed by atoms with Gasteiger partial charge in [0.25, 0.3) is 0 Å². The van der Waals surface area contributed by atoms with Crippen molar-refractivity contribution < 1.29 is 8.42 Å². The molecule has 4 heteroatoms. The molecule has 2 bridgehead atoms. The number of aryl methyl sites for hydroxylation is 1. The molecular formula is C18H27NO2S. The Balaban J connectivity index is 1.67. The van der Waals surface area contributed by atoms with Gasteiger partial charge in [-0.25, -0.2) is 13.1 Å². The normalized spacial score (nSPS) is 28.9. The van der Waals surface area contributed by atoms with E-state index in [4.69, 9.17) is 0 Å². The first kappa shape index (κ1) is 16.0. The van der Waals surface area contributed by atoms with Crippen LogP contribution in [0.15, 0.2) is 29.2 Å². The van der Waals surface area contributed by atoms with Crippen LogP contribution >= 0.6 is 0 Å². The third-order valence-electron chi connectivity index (χ3n) is 5.55. The van der Waals surface area contributed by atoms with Gasteiger partial charge in [-0.15, -0.1) is 0 Å². The first-order valence-electron chi connectivity index (χ1n) is 8.61. The van der Waals surface area contributed by atoms with E-state index in [0.29, 0.717) is 10.8 Å². The highest BCUT2D eigenvalue weighted by Gasteiger charge is 2.42. The largest absolute Gasteiger partial charge is 0.240 e. The molecule has 0 radical (unpaired) electrons. The van der Waals surface area contributed by atoms with Gasteiger partial charge in [0.1, 0.15) is 0 Å². The first-order valence-corrected chi connectivity index (χ1v) is 10.1. The van der Waals surface area contributed by atoms with Gasteiger partial charge in [-0.05, 0) is 68.1 Å². The monoisotopic (exact) mass is 321 g/mol. The number of fused-ring (bicyclic) bond motifs is 2. The van der Waals surface area contributed by atoms with Gasteiger partial charge in [-0.2, -0.15) is 0 Å². The summed E-state index contributed by atoms with van der Waals surface area (Å²) in [7, 11) is -3.40. The molecule has 2 aliphatic carbocycles. The molecular weight excluding hydrogens is 294 g/mol. The van der Waals surface area contributed by atoms with E-state index in [1.807, 2.05) is 19.1 Å². The molecule has 3 rings (SSSR count). The van der Waals surface area contributed by atoms with Gasteiger partial charge in [-0.1, -0.05) is 31.9 Å². The van der Waals surface area contributed by atoms with Crippen LogP contribution in [0.5, 0.6) is 0 Å². The molecule has 0 saturated heterocycles. The van der Waals surface area contributed by atoms with Crippen LogP contribution in [0.4, 0.5) is 0 Å². The molecule has 3 nitrogen and oxygen atoms in total. The van der Waals surface area contributed by atoms with E-state index in [0.717, 1.165) is 24.7 Å². The first-order chi connectivity index (χ1) is 10.5. The van der Waals surface area contributed by atoms with E-state index in [2.05, 4.69) is 11.6 Å². The van der Waals surface area contributed by atoms with Crippen LogP contribution in [0.3, 0.4) is 0 Å². The highest BCUT2D eigenvalue weighted by molar-refractivity contribution is 7.89. The molecule has 4 unspecified atom stereocenters. The zero-order valence-electron chi connectivity index (χ0n) is 13.6. The quantitative estimate of drug-likeness (QED) is 0.867. The molecule has 122 valence electrons. The average molecular weight is 321 g/mol. The Labute approximate surface area is 134 Å². The fraction of sp³-hybridized carbons (Fsp3) is 0.667. The number of rotatable bonds is 6. The highest BCUT2D eigenvalue weighted by atomic mass is 32.2. The lowest BCUT2D eigenvalue weighted by Gasteiger charge is -2.28. The maximum atomic E-state index is 12.6. The molecule has 0 amide bonds. The number of nitrogens with one attached hydrogen (secondary N) is 1. The van der Waals surface area contributed by atoms with Crippen molar-refractivity contribution in [1.82, 2.24) is 4.72 Å². The van der Waals surface area contributed by atoms with Crippen molar-refractivity contribution in [3.8, 4) is 0 Å². The molecule has 0 aliphatic heterocycles. The van der Waals surface area contributed by atoms with Crippen molar-refractivity contribution in [2.75, 3.05) is 0 Å². The molecule has 22 heavy (non-hydrogen) atoms. The van der Waals surface area contributed by atoms with Crippen molar-refractivity contribution in [3.05, 3.63) is 29.8 Å². The van der Waals surface area contributed by atoms with Crippen LogP contribution < -0.4 is 4.72 Å². The minimum atomic E-state index is -3.40. The second-order valence-corrected chi connectivity index (χ2v) is 8.86. The van der Waals surface area contributed by atoms with Crippen molar-refractivity contribution >= 4 is 10.0 Å². The van der Waals surface area contributed by atoms with Gasteiger partial charge in [0.15, 0.2) is 0 Å². The van der Waals surface area contributed by atoms with Gasteiger partial charge < -0.3 is 0 Å². The van der Waals surface area contributed by atoms with Crippen molar-refractivity contribution in [2.45, 2.75) is 63.3 Å².